The summed E-state index contributed by atoms with van der Waals surface area (Å²) in [5, 5.41) is 3.56. The first-order chi connectivity index (χ1) is 6.94. The summed E-state index contributed by atoms with van der Waals surface area (Å²) >= 11 is 0. The van der Waals surface area contributed by atoms with Gasteiger partial charge in [0.1, 0.15) is 0 Å². The molecule has 2 unspecified atom stereocenters. The second-order valence-corrected chi connectivity index (χ2v) is 5.31. The van der Waals surface area contributed by atoms with Crippen LogP contribution >= 0.6 is 0 Å². The molecule has 2 atom stereocenters. The third-order valence-electron chi connectivity index (χ3n) is 3.04. The molecule has 1 heterocycles. The predicted octanol–water partition coefficient (Wildman–Crippen LogP) is 1.48. The molecule has 1 saturated heterocycles. The van der Waals surface area contributed by atoms with Crippen LogP contribution in [0, 0.1) is 0 Å². The van der Waals surface area contributed by atoms with Crippen LogP contribution in [-0.2, 0) is 4.74 Å². The predicted molar refractivity (Wildman–Crippen MR) is 64.2 cm³/mol. The van der Waals surface area contributed by atoms with Gasteiger partial charge in [-0.2, -0.15) is 0 Å². The molecule has 1 aliphatic heterocycles. The minimum atomic E-state index is 0.235. The Hall–Kier alpha value is -0.120. The number of hydrogen-bond acceptors (Lipinski definition) is 3. The van der Waals surface area contributed by atoms with E-state index in [9.17, 15) is 0 Å². The average molecular weight is 214 g/mol. The highest BCUT2D eigenvalue weighted by atomic mass is 16.5. The van der Waals surface area contributed by atoms with Gasteiger partial charge in [0.2, 0.25) is 0 Å². The Morgan fingerprint density at radius 1 is 1.53 bits per heavy atom. The van der Waals surface area contributed by atoms with Gasteiger partial charge >= 0.3 is 0 Å². The van der Waals surface area contributed by atoms with Crippen molar-refractivity contribution < 1.29 is 4.74 Å². The van der Waals surface area contributed by atoms with Crippen LogP contribution in [0.4, 0.5) is 0 Å². The van der Waals surface area contributed by atoms with Crippen LogP contribution in [0.3, 0.4) is 0 Å². The lowest BCUT2D eigenvalue weighted by atomic mass is 9.99. The summed E-state index contributed by atoms with van der Waals surface area (Å²) < 4.78 is 5.60. The van der Waals surface area contributed by atoms with Crippen molar-refractivity contribution in [1.29, 1.82) is 0 Å². The maximum Gasteiger partial charge on any atom is 0.0673 e. The number of hydrogen-bond donors (Lipinski definition) is 1. The zero-order valence-electron chi connectivity index (χ0n) is 10.8. The number of ether oxygens (including phenoxy) is 1. The minimum Gasteiger partial charge on any atom is -0.377 e. The molecule has 0 amide bonds. The second-order valence-electron chi connectivity index (χ2n) is 5.31. The van der Waals surface area contributed by atoms with Gasteiger partial charge in [-0.1, -0.05) is 0 Å². The standard InChI is InChI=1S/C12H26N2O/c1-6-15-11(3)8-14-9-12(4,5)13-7-10(14)2/h10-11,13H,6-9H2,1-5H3. The van der Waals surface area contributed by atoms with Gasteiger partial charge in [0.25, 0.3) is 0 Å². The summed E-state index contributed by atoms with van der Waals surface area (Å²) in [4.78, 5) is 2.52. The van der Waals surface area contributed by atoms with E-state index in [-0.39, 0.29) is 5.54 Å². The van der Waals surface area contributed by atoms with Gasteiger partial charge in [-0.25, -0.2) is 0 Å². The van der Waals surface area contributed by atoms with Crippen molar-refractivity contribution in [1.82, 2.24) is 10.2 Å². The largest absolute Gasteiger partial charge is 0.377 e. The van der Waals surface area contributed by atoms with Crippen molar-refractivity contribution in [2.24, 2.45) is 0 Å². The molecular formula is C12H26N2O. The molecule has 1 rings (SSSR count). The summed E-state index contributed by atoms with van der Waals surface area (Å²) in [6.07, 6.45) is 0.339. The lowest BCUT2D eigenvalue weighted by molar-refractivity contribution is 0.0141. The van der Waals surface area contributed by atoms with Crippen LogP contribution in [0.5, 0.6) is 0 Å². The minimum absolute atomic E-state index is 0.235. The fourth-order valence-corrected chi connectivity index (χ4v) is 2.18. The molecule has 3 nitrogen and oxygen atoms in total. The molecule has 0 radical (unpaired) electrons. The van der Waals surface area contributed by atoms with Gasteiger partial charge < -0.3 is 10.1 Å². The molecule has 15 heavy (non-hydrogen) atoms. The Kier molecular flexibility index (Phi) is 4.56. The van der Waals surface area contributed by atoms with E-state index >= 15 is 0 Å². The Morgan fingerprint density at radius 2 is 2.20 bits per heavy atom. The Morgan fingerprint density at radius 3 is 2.80 bits per heavy atom. The summed E-state index contributed by atoms with van der Waals surface area (Å²) in [6, 6.07) is 0.612. The van der Waals surface area contributed by atoms with Crippen molar-refractivity contribution in [3.63, 3.8) is 0 Å². The smallest absolute Gasteiger partial charge is 0.0673 e. The molecule has 0 aromatic rings. The van der Waals surface area contributed by atoms with E-state index in [4.69, 9.17) is 4.74 Å². The third kappa shape index (κ3) is 4.09. The maximum absolute atomic E-state index is 5.60. The number of rotatable bonds is 4. The number of nitrogens with one attached hydrogen (secondary N) is 1. The van der Waals surface area contributed by atoms with Crippen molar-refractivity contribution >= 4 is 0 Å². The number of piperazine rings is 1. The van der Waals surface area contributed by atoms with Crippen LogP contribution in [0.1, 0.15) is 34.6 Å². The van der Waals surface area contributed by atoms with Crippen LogP contribution in [-0.4, -0.2) is 48.8 Å². The van der Waals surface area contributed by atoms with Gasteiger partial charge in [0.05, 0.1) is 6.10 Å². The second kappa shape index (κ2) is 5.28. The third-order valence-corrected chi connectivity index (χ3v) is 3.04. The lowest BCUT2D eigenvalue weighted by Crippen LogP contribution is -2.61. The van der Waals surface area contributed by atoms with Gasteiger partial charge in [-0.3, -0.25) is 4.90 Å². The molecule has 1 fully saturated rings. The molecule has 0 saturated carbocycles. The van der Waals surface area contributed by atoms with E-state index in [2.05, 4.69) is 44.8 Å². The van der Waals surface area contributed by atoms with Crippen LogP contribution in [0.2, 0.25) is 0 Å². The van der Waals surface area contributed by atoms with E-state index in [0.29, 0.717) is 12.1 Å². The van der Waals surface area contributed by atoms with Gasteiger partial charge in [-0.15, -0.1) is 0 Å². The fourth-order valence-electron chi connectivity index (χ4n) is 2.18. The monoisotopic (exact) mass is 214 g/mol. The lowest BCUT2D eigenvalue weighted by Gasteiger charge is -2.44. The van der Waals surface area contributed by atoms with E-state index in [1.807, 2.05) is 0 Å². The van der Waals surface area contributed by atoms with Crippen LogP contribution < -0.4 is 5.32 Å². The highest BCUT2D eigenvalue weighted by Gasteiger charge is 2.30. The molecular weight excluding hydrogens is 188 g/mol. The molecule has 1 N–H and O–H groups in total. The quantitative estimate of drug-likeness (QED) is 0.767. The van der Waals surface area contributed by atoms with Crippen molar-refractivity contribution in [2.75, 3.05) is 26.2 Å². The highest BCUT2D eigenvalue weighted by Crippen LogP contribution is 2.15. The molecule has 90 valence electrons. The SMILES string of the molecule is CCOC(C)CN1CC(C)(C)NCC1C. The molecule has 0 aromatic carbocycles. The van der Waals surface area contributed by atoms with Gasteiger partial charge in [-0.05, 0) is 34.6 Å². The van der Waals surface area contributed by atoms with Gasteiger partial charge in [0, 0.05) is 37.8 Å². The first-order valence-electron chi connectivity index (χ1n) is 6.05. The van der Waals surface area contributed by atoms with Crippen molar-refractivity contribution in [3.8, 4) is 0 Å². The summed E-state index contributed by atoms with van der Waals surface area (Å²) in [6.45, 7) is 15.0. The Balaban J connectivity index is 2.44. The molecule has 3 heteroatoms. The van der Waals surface area contributed by atoms with Crippen LogP contribution in [0.25, 0.3) is 0 Å². The first kappa shape index (κ1) is 12.9. The molecule has 0 bridgehead atoms. The highest BCUT2D eigenvalue weighted by molar-refractivity contribution is 4.90. The summed E-state index contributed by atoms with van der Waals surface area (Å²) in [7, 11) is 0. The molecule has 0 spiro atoms. The normalized spacial score (nSPS) is 29.0. The zero-order chi connectivity index (χ0) is 11.5. The van der Waals surface area contributed by atoms with Crippen molar-refractivity contribution in [2.45, 2.75) is 52.3 Å². The summed E-state index contributed by atoms with van der Waals surface area (Å²) in [5.41, 5.74) is 0.235. The van der Waals surface area contributed by atoms with E-state index in [0.717, 1.165) is 26.2 Å². The number of nitrogens with zero attached hydrogens (tertiary/aromatic N) is 1. The van der Waals surface area contributed by atoms with E-state index < -0.39 is 0 Å². The summed E-state index contributed by atoms with van der Waals surface area (Å²) in [5.74, 6) is 0. The first-order valence-corrected chi connectivity index (χ1v) is 6.05. The van der Waals surface area contributed by atoms with Crippen LogP contribution in [0.15, 0.2) is 0 Å². The maximum atomic E-state index is 5.60. The van der Waals surface area contributed by atoms with E-state index in [1.54, 1.807) is 0 Å². The molecule has 0 aromatic heterocycles. The van der Waals surface area contributed by atoms with Crippen molar-refractivity contribution in [3.05, 3.63) is 0 Å². The average Bonchev–Trinajstić information content (AvgIpc) is 2.11. The van der Waals surface area contributed by atoms with E-state index in [1.165, 1.54) is 0 Å². The topological polar surface area (TPSA) is 24.5 Å². The van der Waals surface area contributed by atoms with Gasteiger partial charge in [0.15, 0.2) is 0 Å². The fraction of sp³-hybridized carbons (Fsp3) is 1.00. The zero-order valence-corrected chi connectivity index (χ0v) is 10.8. The Bertz CT molecular complexity index is 194. The molecule has 1 aliphatic rings. The molecule has 0 aliphatic carbocycles. The Labute approximate surface area is 94.2 Å².